The van der Waals surface area contributed by atoms with E-state index in [0.717, 1.165) is 22.6 Å². The molecule has 196 valence electrons. The van der Waals surface area contributed by atoms with E-state index in [1.807, 2.05) is 6.07 Å². The molecule has 0 radical (unpaired) electrons. The van der Waals surface area contributed by atoms with Gasteiger partial charge in [-0.25, -0.2) is 4.99 Å². The maximum atomic E-state index is 13.5. The summed E-state index contributed by atoms with van der Waals surface area (Å²) in [7, 11) is -2.99. The molecule has 3 aromatic carbocycles. The highest BCUT2D eigenvalue weighted by atomic mass is 35.5. The van der Waals surface area contributed by atoms with Crippen LogP contribution in [0.25, 0.3) is 11.1 Å². The topological polar surface area (TPSA) is 111 Å². The number of methoxy groups -OCH3 is 1. The van der Waals surface area contributed by atoms with Crippen molar-refractivity contribution in [3.63, 3.8) is 0 Å². The van der Waals surface area contributed by atoms with Crippen LogP contribution >= 0.6 is 12.4 Å². The molecule has 0 saturated carbocycles. The first kappa shape index (κ1) is 27.8. The molecule has 3 aromatic rings. The van der Waals surface area contributed by atoms with Crippen LogP contribution in [0.1, 0.15) is 11.1 Å². The lowest BCUT2D eigenvalue weighted by Crippen LogP contribution is -2.41. The van der Waals surface area contributed by atoms with E-state index in [1.165, 1.54) is 26.3 Å². The van der Waals surface area contributed by atoms with Gasteiger partial charge in [0.15, 0.2) is 11.5 Å². The van der Waals surface area contributed by atoms with E-state index in [-0.39, 0.29) is 23.9 Å². The molecule has 0 fully saturated rings. The van der Waals surface area contributed by atoms with E-state index in [9.17, 15) is 26.4 Å². The number of halogens is 4. The zero-order valence-corrected chi connectivity index (χ0v) is 21.0. The molecule has 1 aliphatic heterocycles. The molecule has 4 rings (SSSR count). The van der Waals surface area contributed by atoms with Gasteiger partial charge in [0.05, 0.1) is 7.11 Å². The SMILES string of the molecule is COc1cccc(-c2cccc(C3(c4cccc(OS(=O)(=O)C(F)(F)F)c4)N=C(N)N(C)C3=O)c2)c1.Cl. The van der Waals surface area contributed by atoms with Crippen LogP contribution in [0.15, 0.2) is 77.8 Å². The van der Waals surface area contributed by atoms with Gasteiger partial charge in [-0.15, -0.1) is 12.4 Å². The minimum absolute atomic E-state index is 0. The van der Waals surface area contributed by atoms with Crippen molar-refractivity contribution < 1.29 is 35.3 Å². The van der Waals surface area contributed by atoms with E-state index < -0.39 is 32.8 Å². The molecule has 0 aliphatic carbocycles. The molecule has 1 unspecified atom stereocenters. The number of likely N-dealkylation sites (N-methyl/N-ethyl adjacent to an activating group) is 1. The van der Waals surface area contributed by atoms with Crippen molar-refractivity contribution in [2.45, 2.75) is 11.0 Å². The first-order valence-corrected chi connectivity index (χ1v) is 11.8. The van der Waals surface area contributed by atoms with Crippen LogP contribution in [0.4, 0.5) is 13.2 Å². The second-order valence-corrected chi connectivity index (χ2v) is 9.41. The molecule has 2 N–H and O–H groups in total. The van der Waals surface area contributed by atoms with E-state index in [2.05, 4.69) is 9.18 Å². The van der Waals surface area contributed by atoms with Crippen LogP contribution in [-0.2, 0) is 20.5 Å². The van der Waals surface area contributed by atoms with E-state index in [4.69, 9.17) is 10.5 Å². The number of alkyl halides is 3. The molecule has 8 nitrogen and oxygen atoms in total. The molecule has 1 atom stereocenters. The van der Waals surface area contributed by atoms with Gasteiger partial charge < -0.3 is 14.7 Å². The fraction of sp³-hybridized carbons (Fsp3) is 0.167. The van der Waals surface area contributed by atoms with Crippen molar-refractivity contribution in [3.05, 3.63) is 83.9 Å². The first-order valence-electron chi connectivity index (χ1n) is 10.4. The average molecular weight is 556 g/mol. The third kappa shape index (κ3) is 4.94. The number of aliphatic imine (C=N–C) groups is 1. The Labute approximate surface area is 217 Å². The van der Waals surface area contributed by atoms with Gasteiger partial charge in [0, 0.05) is 7.05 Å². The second-order valence-electron chi connectivity index (χ2n) is 7.87. The Morgan fingerprint density at radius 1 is 0.919 bits per heavy atom. The van der Waals surface area contributed by atoms with Crippen molar-refractivity contribution in [3.8, 4) is 22.6 Å². The number of carbonyl (C=O) groups is 1. The van der Waals surface area contributed by atoms with Crippen LogP contribution in [0, 0.1) is 0 Å². The molecule has 0 aromatic heterocycles. The van der Waals surface area contributed by atoms with Crippen molar-refractivity contribution in [1.82, 2.24) is 4.90 Å². The number of benzene rings is 3. The molecule has 0 saturated heterocycles. The lowest BCUT2D eigenvalue weighted by Gasteiger charge is -2.27. The fourth-order valence-electron chi connectivity index (χ4n) is 3.86. The van der Waals surface area contributed by atoms with Gasteiger partial charge in [0.1, 0.15) is 11.5 Å². The Morgan fingerprint density at radius 2 is 1.46 bits per heavy atom. The predicted octanol–water partition coefficient (Wildman–Crippen LogP) is 4.04. The van der Waals surface area contributed by atoms with Gasteiger partial charge in [-0.1, -0.05) is 42.5 Å². The number of ether oxygens (including phenoxy) is 1. The summed E-state index contributed by atoms with van der Waals surface area (Å²) in [6.07, 6.45) is 0. The molecule has 1 aliphatic rings. The number of guanidine groups is 1. The van der Waals surface area contributed by atoms with Crippen LogP contribution in [0.5, 0.6) is 11.5 Å². The summed E-state index contributed by atoms with van der Waals surface area (Å²) in [5.74, 6) is -0.730. The summed E-state index contributed by atoms with van der Waals surface area (Å²) >= 11 is 0. The molecule has 1 amide bonds. The maximum Gasteiger partial charge on any atom is 0.534 e. The highest BCUT2D eigenvalue weighted by Crippen LogP contribution is 2.42. The molecule has 13 heteroatoms. The summed E-state index contributed by atoms with van der Waals surface area (Å²) < 4.78 is 71.2. The van der Waals surface area contributed by atoms with Crippen molar-refractivity contribution in [2.24, 2.45) is 10.7 Å². The number of nitrogens with two attached hydrogens (primary N) is 1. The van der Waals surface area contributed by atoms with Crippen LogP contribution in [0.3, 0.4) is 0 Å². The second kappa shape index (κ2) is 9.94. The third-order valence-electron chi connectivity index (χ3n) is 5.66. The van der Waals surface area contributed by atoms with Crippen LogP contribution in [0.2, 0.25) is 0 Å². The summed E-state index contributed by atoms with van der Waals surface area (Å²) in [6, 6.07) is 18.8. The van der Waals surface area contributed by atoms with Crippen molar-refractivity contribution in [1.29, 1.82) is 0 Å². The van der Waals surface area contributed by atoms with Gasteiger partial charge in [-0.05, 0) is 52.6 Å². The van der Waals surface area contributed by atoms with Gasteiger partial charge in [-0.2, -0.15) is 21.6 Å². The molecule has 37 heavy (non-hydrogen) atoms. The Hall–Kier alpha value is -3.77. The average Bonchev–Trinajstić information content (AvgIpc) is 3.08. The highest BCUT2D eigenvalue weighted by Gasteiger charge is 2.51. The molecule has 1 heterocycles. The van der Waals surface area contributed by atoms with Gasteiger partial charge in [-0.3, -0.25) is 9.69 Å². The van der Waals surface area contributed by atoms with Crippen LogP contribution < -0.4 is 14.7 Å². The quantitative estimate of drug-likeness (QED) is 0.363. The van der Waals surface area contributed by atoms with E-state index in [0.29, 0.717) is 16.9 Å². The zero-order chi connectivity index (χ0) is 26.3. The summed E-state index contributed by atoms with van der Waals surface area (Å²) in [5.41, 5.74) is 0.443. The van der Waals surface area contributed by atoms with Crippen LogP contribution in [-0.4, -0.2) is 44.9 Å². The summed E-state index contributed by atoms with van der Waals surface area (Å²) in [4.78, 5) is 19.0. The molecule has 0 bridgehead atoms. The molecule has 0 spiro atoms. The minimum Gasteiger partial charge on any atom is -0.497 e. The highest BCUT2D eigenvalue weighted by molar-refractivity contribution is 7.88. The maximum absolute atomic E-state index is 13.5. The number of nitrogens with zero attached hydrogens (tertiary/aromatic N) is 2. The number of hydrogen-bond acceptors (Lipinski definition) is 7. The lowest BCUT2D eigenvalue weighted by atomic mass is 9.81. The van der Waals surface area contributed by atoms with Gasteiger partial charge in [0.2, 0.25) is 0 Å². The monoisotopic (exact) mass is 555 g/mol. The number of amides is 1. The summed E-state index contributed by atoms with van der Waals surface area (Å²) in [6.45, 7) is 0. The molecular weight excluding hydrogens is 535 g/mol. The smallest absolute Gasteiger partial charge is 0.497 e. The fourth-order valence-corrected chi connectivity index (χ4v) is 4.31. The third-order valence-corrected chi connectivity index (χ3v) is 6.64. The van der Waals surface area contributed by atoms with E-state index in [1.54, 1.807) is 42.5 Å². The number of hydrogen-bond donors (Lipinski definition) is 1. The first-order chi connectivity index (χ1) is 16.9. The number of carbonyl (C=O) groups excluding carboxylic acids is 1. The van der Waals surface area contributed by atoms with E-state index >= 15 is 0 Å². The summed E-state index contributed by atoms with van der Waals surface area (Å²) in [5, 5.41) is 0. The zero-order valence-electron chi connectivity index (χ0n) is 19.4. The van der Waals surface area contributed by atoms with Gasteiger partial charge >= 0.3 is 15.6 Å². The Morgan fingerprint density at radius 3 is 2.03 bits per heavy atom. The number of rotatable bonds is 6. The van der Waals surface area contributed by atoms with Crippen molar-refractivity contribution >= 4 is 34.4 Å². The predicted molar refractivity (Wildman–Crippen MR) is 133 cm³/mol. The largest absolute Gasteiger partial charge is 0.534 e. The standard InChI is InChI=1S/C24H20F3N3O5S.ClH/c1-30-21(31)23(29-22(30)28,18-9-5-11-20(14-18)35-36(32,33)24(25,26)27)17-8-3-6-15(12-17)16-7-4-10-19(13-16)34-2;/h3-14H,1-2H3,(H2,28,29);1H. The van der Waals surface area contributed by atoms with Gasteiger partial charge in [0.25, 0.3) is 5.91 Å². The molecular formula is C24H21ClF3N3O5S. The Kier molecular flexibility index (Phi) is 7.47. The van der Waals surface area contributed by atoms with Crippen molar-refractivity contribution in [2.75, 3.05) is 14.2 Å². The minimum atomic E-state index is -5.93. The lowest BCUT2D eigenvalue weighted by molar-refractivity contribution is -0.129. The Balaban J connectivity index is 0.00000380. The Bertz CT molecular complexity index is 1480. The normalized spacial score (nSPS) is 17.7.